The third-order valence-corrected chi connectivity index (χ3v) is 5.23. The van der Waals surface area contributed by atoms with Crippen molar-refractivity contribution in [2.24, 2.45) is 0 Å². The van der Waals surface area contributed by atoms with Crippen molar-refractivity contribution in [3.8, 4) is 5.75 Å². The van der Waals surface area contributed by atoms with Crippen molar-refractivity contribution >= 4 is 16.9 Å². The molecule has 0 spiro atoms. The van der Waals surface area contributed by atoms with Crippen LogP contribution in [0.25, 0.3) is 11.0 Å². The van der Waals surface area contributed by atoms with Crippen molar-refractivity contribution in [2.45, 2.75) is 26.8 Å². The second-order valence-corrected chi connectivity index (χ2v) is 7.41. The normalized spacial score (nSPS) is 15.4. The molecular weight excluding hydrogens is 366 g/mol. The van der Waals surface area contributed by atoms with Gasteiger partial charge in [-0.25, -0.2) is 0 Å². The lowest BCUT2D eigenvalue weighted by Gasteiger charge is -2.21. The summed E-state index contributed by atoms with van der Waals surface area (Å²) in [4.78, 5) is 21.9. The van der Waals surface area contributed by atoms with Crippen LogP contribution < -0.4 is 4.74 Å². The molecule has 4 rings (SSSR count). The summed E-state index contributed by atoms with van der Waals surface area (Å²) >= 11 is 0. The van der Waals surface area contributed by atoms with Crippen LogP contribution in [0, 0.1) is 6.92 Å². The lowest BCUT2D eigenvalue weighted by Crippen LogP contribution is -2.35. The van der Waals surface area contributed by atoms with E-state index in [1.807, 2.05) is 55.1 Å². The molecule has 3 aromatic rings. The van der Waals surface area contributed by atoms with Crippen LogP contribution in [0.15, 0.2) is 46.9 Å². The van der Waals surface area contributed by atoms with Gasteiger partial charge in [-0.15, -0.1) is 0 Å². The highest BCUT2D eigenvalue weighted by Crippen LogP contribution is 2.29. The number of aryl methyl sites for hydroxylation is 1. The molecular formula is C23H27N3O3. The summed E-state index contributed by atoms with van der Waals surface area (Å²) in [7, 11) is 0. The standard InChI is InChI=1S/C23H27N3O3/c1-3-28-20-10-5-8-18-15-21(29-22(18)20)23(27)26-12-6-11-25(13-14-26)16-19-9-4-7-17(2)24-19/h4-5,7-10,15H,3,6,11-14,16H2,1-2H3. The van der Waals surface area contributed by atoms with Gasteiger partial charge in [0.25, 0.3) is 5.91 Å². The summed E-state index contributed by atoms with van der Waals surface area (Å²) in [6, 6.07) is 13.7. The van der Waals surface area contributed by atoms with Crippen LogP contribution in [0.1, 0.15) is 35.3 Å². The van der Waals surface area contributed by atoms with Crippen molar-refractivity contribution in [3.05, 3.63) is 59.6 Å². The molecule has 0 aliphatic carbocycles. The number of pyridine rings is 1. The largest absolute Gasteiger partial charge is 0.490 e. The Bertz CT molecular complexity index is 998. The molecule has 1 aromatic carbocycles. The first-order valence-electron chi connectivity index (χ1n) is 10.2. The van der Waals surface area contributed by atoms with Crippen LogP contribution in [-0.2, 0) is 6.54 Å². The van der Waals surface area contributed by atoms with Gasteiger partial charge in [-0.1, -0.05) is 18.2 Å². The molecule has 6 nitrogen and oxygen atoms in total. The van der Waals surface area contributed by atoms with Gasteiger partial charge in [0.05, 0.1) is 12.3 Å². The fourth-order valence-corrected chi connectivity index (χ4v) is 3.82. The maximum Gasteiger partial charge on any atom is 0.289 e. The number of hydrogen-bond donors (Lipinski definition) is 0. The van der Waals surface area contributed by atoms with Gasteiger partial charge in [-0.3, -0.25) is 14.7 Å². The maximum absolute atomic E-state index is 13.1. The molecule has 3 heterocycles. The molecule has 6 heteroatoms. The van der Waals surface area contributed by atoms with Crippen LogP contribution in [0.3, 0.4) is 0 Å². The molecule has 0 N–H and O–H groups in total. The van der Waals surface area contributed by atoms with E-state index in [0.717, 1.165) is 49.4 Å². The number of nitrogens with zero attached hydrogens (tertiary/aromatic N) is 3. The number of hydrogen-bond acceptors (Lipinski definition) is 5. The number of carbonyl (C=O) groups excluding carboxylic acids is 1. The number of aromatic nitrogens is 1. The van der Waals surface area contributed by atoms with E-state index in [1.165, 1.54) is 0 Å². The monoisotopic (exact) mass is 393 g/mol. The zero-order chi connectivity index (χ0) is 20.2. The smallest absolute Gasteiger partial charge is 0.289 e. The fourth-order valence-electron chi connectivity index (χ4n) is 3.82. The predicted octanol–water partition coefficient (Wildman–Crippen LogP) is 3.88. The molecule has 1 saturated heterocycles. The third-order valence-electron chi connectivity index (χ3n) is 5.23. The second-order valence-electron chi connectivity index (χ2n) is 7.41. The number of fused-ring (bicyclic) bond motifs is 1. The molecule has 1 aliphatic rings. The SMILES string of the molecule is CCOc1cccc2cc(C(=O)N3CCCN(Cc4cccc(C)n4)CC3)oc12. The first-order chi connectivity index (χ1) is 14.1. The minimum Gasteiger partial charge on any atom is -0.490 e. The summed E-state index contributed by atoms with van der Waals surface area (Å²) < 4.78 is 11.5. The third kappa shape index (κ3) is 4.43. The lowest BCUT2D eigenvalue weighted by molar-refractivity contribution is 0.0731. The van der Waals surface area contributed by atoms with Crippen LogP contribution in [0.5, 0.6) is 5.75 Å². The van der Waals surface area contributed by atoms with Gasteiger partial charge in [-0.05, 0) is 44.5 Å². The Balaban J connectivity index is 1.44. The van der Waals surface area contributed by atoms with E-state index in [9.17, 15) is 4.79 Å². The molecule has 1 aliphatic heterocycles. The minimum atomic E-state index is -0.0563. The zero-order valence-electron chi connectivity index (χ0n) is 17.1. The minimum absolute atomic E-state index is 0.0563. The number of furan rings is 1. The predicted molar refractivity (Wildman–Crippen MR) is 112 cm³/mol. The second kappa shape index (κ2) is 8.66. The Morgan fingerprint density at radius 3 is 2.83 bits per heavy atom. The van der Waals surface area contributed by atoms with Gasteiger partial charge in [0.15, 0.2) is 17.1 Å². The van der Waals surface area contributed by atoms with Crippen molar-refractivity contribution in [2.75, 3.05) is 32.8 Å². The molecule has 0 atom stereocenters. The summed E-state index contributed by atoms with van der Waals surface area (Å²) in [5.74, 6) is 0.997. The Morgan fingerprint density at radius 2 is 2.00 bits per heavy atom. The van der Waals surface area contributed by atoms with E-state index >= 15 is 0 Å². The van der Waals surface area contributed by atoms with Gasteiger partial charge in [0, 0.05) is 43.8 Å². The molecule has 29 heavy (non-hydrogen) atoms. The fraction of sp³-hybridized carbons (Fsp3) is 0.391. The van der Waals surface area contributed by atoms with E-state index in [1.54, 1.807) is 0 Å². The Morgan fingerprint density at radius 1 is 1.14 bits per heavy atom. The molecule has 152 valence electrons. The molecule has 1 amide bonds. The highest BCUT2D eigenvalue weighted by molar-refractivity contribution is 5.97. The summed E-state index contributed by atoms with van der Waals surface area (Å²) in [5.41, 5.74) is 2.75. The van der Waals surface area contributed by atoms with Crippen molar-refractivity contribution in [1.82, 2.24) is 14.8 Å². The Hall–Kier alpha value is -2.86. The van der Waals surface area contributed by atoms with Crippen LogP contribution >= 0.6 is 0 Å². The van der Waals surface area contributed by atoms with E-state index in [-0.39, 0.29) is 5.91 Å². The highest BCUT2D eigenvalue weighted by atomic mass is 16.5. The summed E-state index contributed by atoms with van der Waals surface area (Å²) in [5, 5.41) is 0.890. The first-order valence-corrected chi connectivity index (χ1v) is 10.2. The first kappa shape index (κ1) is 19.5. The Kier molecular flexibility index (Phi) is 5.81. The quantitative estimate of drug-likeness (QED) is 0.658. The van der Waals surface area contributed by atoms with E-state index < -0.39 is 0 Å². The van der Waals surface area contributed by atoms with Gasteiger partial charge < -0.3 is 14.1 Å². The number of carbonyl (C=O) groups is 1. The van der Waals surface area contributed by atoms with Crippen LogP contribution in [0.2, 0.25) is 0 Å². The maximum atomic E-state index is 13.1. The van der Waals surface area contributed by atoms with Gasteiger partial charge in [-0.2, -0.15) is 0 Å². The van der Waals surface area contributed by atoms with Gasteiger partial charge >= 0.3 is 0 Å². The lowest BCUT2D eigenvalue weighted by atomic mass is 10.2. The molecule has 2 aromatic heterocycles. The van der Waals surface area contributed by atoms with Crippen LogP contribution in [0.4, 0.5) is 0 Å². The van der Waals surface area contributed by atoms with Gasteiger partial charge in [0.1, 0.15) is 0 Å². The number of ether oxygens (including phenoxy) is 1. The molecule has 0 radical (unpaired) electrons. The number of benzene rings is 1. The molecule has 1 fully saturated rings. The van der Waals surface area contributed by atoms with Crippen molar-refractivity contribution in [1.29, 1.82) is 0 Å². The van der Waals surface area contributed by atoms with Crippen molar-refractivity contribution in [3.63, 3.8) is 0 Å². The zero-order valence-corrected chi connectivity index (χ0v) is 17.1. The van der Waals surface area contributed by atoms with Gasteiger partial charge in [0.2, 0.25) is 0 Å². The van der Waals surface area contributed by atoms with E-state index in [2.05, 4.69) is 16.0 Å². The highest BCUT2D eigenvalue weighted by Gasteiger charge is 2.24. The topological polar surface area (TPSA) is 58.8 Å². The van der Waals surface area contributed by atoms with Crippen LogP contribution in [-0.4, -0.2) is 53.5 Å². The number of amides is 1. The molecule has 0 bridgehead atoms. The van der Waals surface area contributed by atoms with Crippen molar-refractivity contribution < 1.29 is 13.9 Å². The average molecular weight is 393 g/mol. The number of rotatable bonds is 5. The van der Waals surface area contributed by atoms with E-state index in [0.29, 0.717) is 30.2 Å². The Labute approximate surface area is 171 Å². The summed E-state index contributed by atoms with van der Waals surface area (Å²) in [6.45, 7) is 8.50. The molecule has 0 saturated carbocycles. The number of para-hydroxylation sites is 1. The molecule has 0 unspecified atom stereocenters. The average Bonchev–Trinajstić information content (AvgIpc) is 3.02. The van der Waals surface area contributed by atoms with E-state index in [4.69, 9.17) is 9.15 Å². The summed E-state index contributed by atoms with van der Waals surface area (Å²) in [6.07, 6.45) is 0.933.